The SMILES string of the molecule is Cc1ccccc1-c1nc(S(=O)(=O)c2ccc3c(c2)OCCO3)c(N2CCCCCC2)o1. The summed E-state index contributed by atoms with van der Waals surface area (Å²) in [5, 5.41) is -0.0469. The Morgan fingerprint density at radius 2 is 1.62 bits per heavy atom. The van der Waals surface area contributed by atoms with Gasteiger partial charge in [0.25, 0.3) is 0 Å². The third-order valence-corrected chi connectivity index (χ3v) is 7.58. The van der Waals surface area contributed by atoms with Gasteiger partial charge in [-0.3, -0.25) is 0 Å². The molecule has 0 aliphatic carbocycles. The Morgan fingerprint density at radius 1 is 0.906 bits per heavy atom. The molecule has 0 radical (unpaired) electrons. The zero-order valence-electron chi connectivity index (χ0n) is 18.0. The number of aryl methyl sites for hydroxylation is 1. The highest BCUT2D eigenvalue weighted by atomic mass is 32.2. The van der Waals surface area contributed by atoms with Crippen molar-refractivity contribution in [1.82, 2.24) is 4.98 Å². The van der Waals surface area contributed by atoms with Crippen LogP contribution in [0.15, 0.2) is 56.8 Å². The Bertz CT molecular complexity index is 1230. The molecular weight excluding hydrogens is 428 g/mol. The molecule has 0 saturated carbocycles. The fourth-order valence-corrected chi connectivity index (χ4v) is 5.51. The molecule has 168 valence electrons. The minimum Gasteiger partial charge on any atom is -0.486 e. The third kappa shape index (κ3) is 3.83. The maximum Gasteiger partial charge on any atom is 0.236 e. The van der Waals surface area contributed by atoms with E-state index >= 15 is 0 Å². The first-order valence-electron chi connectivity index (χ1n) is 11.0. The van der Waals surface area contributed by atoms with Crippen molar-refractivity contribution in [2.75, 3.05) is 31.2 Å². The first kappa shape index (κ1) is 20.9. The third-order valence-electron chi connectivity index (χ3n) is 5.93. The maximum absolute atomic E-state index is 13.8. The van der Waals surface area contributed by atoms with Gasteiger partial charge < -0.3 is 18.8 Å². The number of benzene rings is 2. The first-order chi connectivity index (χ1) is 15.5. The Morgan fingerprint density at radius 3 is 2.38 bits per heavy atom. The number of nitrogens with zero attached hydrogens (tertiary/aromatic N) is 2. The van der Waals surface area contributed by atoms with Gasteiger partial charge in [0.15, 0.2) is 11.5 Å². The molecule has 3 aromatic rings. The lowest BCUT2D eigenvalue weighted by Crippen LogP contribution is -2.25. The number of aromatic nitrogens is 1. The van der Waals surface area contributed by atoms with Crippen molar-refractivity contribution in [3.8, 4) is 23.0 Å². The number of hydrogen-bond acceptors (Lipinski definition) is 7. The quantitative estimate of drug-likeness (QED) is 0.568. The molecule has 8 heteroatoms. The highest BCUT2D eigenvalue weighted by Gasteiger charge is 2.33. The highest BCUT2D eigenvalue weighted by Crippen LogP contribution is 2.39. The van der Waals surface area contributed by atoms with E-state index in [0.717, 1.165) is 49.9 Å². The summed E-state index contributed by atoms with van der Waals surface area (Å²) in [7, 11) is -3.95. The zero-order valence-corrected chi connectivity index (χ0v) is 18.9. The Balaban J connectivity index is 1.63. The first-order valence-corrected chi connectivity index (χ1v) is 12.5. The number of ether oxygens (including phenoxy) is 2. The van der Waals surface area contributed by atoms with Gasteiger partial charge in [0.1, 0.15) is 13.2 Å². The standard InChI is InChI=1S/C24H26N2O5S/c1-17-8-4-5-9-19(17)22-25-23(24(31-22)26-12-6-2-3-7-13-26)32(27,28)18-10-11-20-21(16-18)30-15-14-29-20/h4-5,8-11,16H,2-3,6-7,12-15H2,1H3. The lowest BCUT2D eigenvalue weighted by Gasteiger charge is -2.21. The van der Waals surface area contributed by atoms with E-state index in [-0.39, 0.29) is 9.92 Å². The predicted octanol–water partition coefficient (Wildman–Crippen LogP) is 4.63. The summed E-state index contributed by atoms with van der Waals surface area (Å²) in [5.74, 6) is 1.61. The van der Waals surface area contributed by atoms with Crippen LogP contribution >= 0.6 is 0 Å². The molecular formula is C24H26N2O5S. The number of rotatable bonds is 4. The van der Waals surface area contributed by atoms with Crippen LogP contribution in [0.3, 0.4) is 0 Å². The van der Waals surface area contributed by atoms with Crippen molar-refractivity contribution in [3.05, 3.63) is 48.0 Å². The van der Waals surface area contributed by atoms with Gasteiger partial charge in [0.2, 0.25) is 26.6 Å². The van der Waals surface area contributed by atoms with Crippen molar-refractivity contribution < 1.29 is 22.3 Å². The van der Waals surface area contributed by atoms with Gasteiger partial charge in [-0.1, -0.05) is 31.0 Å². The van der Waals surface area contributed by atoms with Crippen LogP contribution in [0.4, 0.5) is 5.88 Å². The maximum atomic E-state index is 13.8. The Hall–Kier alpha value is -3.00. The molecule has 0 spiro atoms. The summed E-state index contributed by atoms with van der Waals surface area (Å²) in [5.41, 5.74) is 1.76. The van der Waals surface area contributed by atoms with Gasteiger partial charge in [-0.15, -0.1) is 0 Å². The van der Waals surface area contributed by atoms with E-state index in [0.29, 0.717) is 36.5 Å². The van der Waals surface area contributed by atoms with Crippen LogP contribution in [0.1, 0.15) is 31.2 Å². The van der Waals surface area contributed by atoms with E-state index in [1.807, 2.05) is 36.1 Å². The van der Waals surface area contributed by atoms with Crippen LogP contribution in [0.25, 0.3) is 11.5 Å². The van der Waals surface area contributed by atoms with Crippen LogP contribution in [0.5, 0.6) is 11.5 Å². The van der Waals surface area contributed by atoms with E-state index in [1.54, 1.807) is 6.07 Å². The fourth-order valence-electron chi connectivity index (χ4n) is 4.18. The summed E-state index contributed by atoms with van der Waals surface area (Å²) >= 11 is 0. The van der Waals surface area contributed by atoms with Gasteiger partial charge in [-0.25, -0.2) is 8.42 Å². The Kier molecular flexibility index (Phi) is 5.55. The van der Waals surface area contributed by atoms with Crippen molar-refractivity contribution in [2.24, 2.45) is 0 Å². The molecule has 2 aliphatic heterocycles. The molecule has 0 atom stereocenters. The molecule has 0 unspecified atom stereocenters. The zero-order chi connectivity index (χ0) is 22.1. The minimum absolute atomic E-state index is 0.0469. The number of hydrogen-bond donors (Lipinski definition) is 0. The van der Waals surface area contributed by atoms with Gasteiger partial charge in [-0.05, 0) is 43.5 Å². The Labute approximate surface area is 187 Å². The molecule has 2 aromatic carbocycles. The number of fused-ring (bicyclic) bond motifs is 1. The lowest BCUT2D eigenvalue weighted by molar-refractivity contribution is 0.171. The number of sulfone groups is 1. The molecule has 1 fully saturated rings. The van der Waals surface area contributed by atoms with E-state index in [1.165, 1.54) is 12.1 Å². The van der Waals surface area contributed by atoms with Crippen molar-refractivity contribution in [3.63, 3.8) is 0 Å². The van der Waals surface area contributed by atoms with E-state index < -0.39 is 9.84 Å². The van der Waals surface area contributed by atoms with Crippen molar-refractivity contribution in [1.29, 1.82) is 0 Å². The second-order valence-corrected chi connectivity index (χ2v) is 10.0. The molecule has 0 bridgehead atoms. The van der Waals surface area contributed by atoms with Crippen LogP contribution in [0.2, 0.25) is 0 Å². The lowest BCUT2D eigenvalue weighted by atomic mass is 10.1. The topological polar surface area (TPSA) is 81.9 Å². The molecule has 0 N–H and O–H groups in total. The van der Waals surface area contributed by atoms with Crippen LogP contribution in [0, 0.1) is 6.92 Å². The molecule has 32 heavy (non-hydrogen) atoms. The summed E-state index contributed by atoms with van der Waals surface area (Å²) < 4.78 is 44.8. The molecule has 1 saturated heterocycles. The fraction of sp³-hybridized carbons (Fsp3) is 0.375. The average molecular weight is 455 g/mol. The molecule has 5 rings (SSSR count). The monoisotopic (exact) mass is 454 g/mol. The van der Waals surface area contributed by atoms with E-state index in [4.69, 9.17) is 13.9 Å². The molecule has 7 nitrogen and oxygen atoms in total. The summed E-state index contributed by atoms with van der Waals surface area (Å²) in [4.78, 5) is 6.67. The molecule has 0 amide bonds. The molecule has 1 aromatic heterocycles. The number of anilines is 1. The largest absolute Gasteiger partial charge is 0.486 e. The predicted molar refractivity (Wildman–Crippen MR) is 120 cm³/mol. The van der Waals surface area contributed by atoms with Crippen molar-refractivity contribution in [2.45, 2.75) is 42.5 Å². The minimum atomic E-state index is -3.95. The summed E-state index contributed by atoms with van der Waals surface area (Å²) in [6.07, 6.45) is 4.23. The summed E-state index contributed by atoms with van der Waals surface area (Å²) in [6.45, 7) is 4.27. The van der Waals surface area contributed by atoms with Gasteiger partial charge in [0.05, 0.1) is 4.90 Å². The van der Waals surface area contributed by atoms with Crippen LogP contribution < -0.4 is 14.4 Å². The van der Waals surface area contributed by atoms with E-state index in [9.17, 15) is 8.42 Å². The molecule has 2 aliphatic rings. The second kappa shape index (κ2) is 8.50. The van der Waals surface area contributed by atoms with Crippen molar-refractivity contribution >= 4 is 15.7 Å². The smallest absolute Gasteiger partial charge is 0.236 e. The number of oxazole rings is 1. The normalized spacial score (nSPS) is 16.6. The molecule has 3 heterocycles. The average Bonchev–Trinajstić information content (AvgIpc) is 3.08. The van der Waals surface area contributed by atoms with Crippen LogP contribution in [-0.4, -0.2) is 39.7 Å². The van der Waals surface area contributed by atoms with Gasteiger partial charge >= 0.3 is 0 Å². The van der Waals surface area contributed by atoms with Crippen LogP contribution in [-0.2, 0) is 9.84 Å². The highest BCUT2D eigenvalue weighted by molar-refractivity contribution is 7.91. The van der Waals surface area contributed by atoms with Gasteiger partial charge in [-0.2, -0.15) is 4.98 Å². The van der Waals surface area contributed by atoms with Gasteiger partial charge in [0, 0.05) is 24.7 Å². The summed E-state index contributed by atoms with van der Waals surface area (Å²) in [6, 6.07) is 12.4. The van der Waals surface area contributed by atoms with E-state index in [2.05, 4.69) is 4.98 Å². The second-order valence-electron chi connectivity index (χ2n) is 8.15.